The number of rotatable bonds is 2. The van der Waals surface area contributed by atoms with Gasteiger partial charge < -0.3 is 0 Å². The SMILES string of the molecule is c1c[n+](C2CCCCCCC2)cn1C1CCCCCCC1. The zero-order valence-electron chi connectivity index (χ0n) is 13.7. The largest absolute Gasteiger partial charge is 0.244 e. The van der Waals surface area contributed by atoms with E-state index in [0.717, 1.165) is 12.1 Å². The van der Waals surface area contributed by atoms with Crippen molar-refractivity contribution in [3.63, 3.8) is 0 Å². The van der Waals surface area contributed by atoms with Crippen LogP contribution in [0.5, 0.6) is 0 Å². The third kappa shape index (κ3) is 4.34. The van der Waals surface area contributed by atoms with E-state index in [2.05, 4.69) is 27.9 Å². The first kappa shape index (κ1) is 15.1. The summed E-state index contributed by atoms with van der Waals surface area (Å²) in [7, 11) is 0. The number of hydrogen-bond acceptors (Lipinski definition) is 0. The molecule has 0 aliphatic heterocycles. The normalized spacial score (nSPS) is 24.0. The van der Waals surface area contributed by atoms with E-state index in [1.807, 2.05) is 0 Å². The summed E-state index contributed by atoms with van der Waals surface area (Å²) in [6.07, 6.45) is 27.1. The molecule has 2 heteroatoms. The highest BCUT2D eigenvalue weighted by atomic mass is 15.1. The van der Waals surface area contributed by atoms with Gasteiger partial charge in [-0.25, -0.2) is 9.13 Å². The van der Waals surface area contributed by atoms with Crippen LogP contribution in [-0.2, 0) is 0 Å². The average Bonchev–Trinajstić information content (AvgIpc) is 2.87. The smallest absolute Gasteiger partial charge is 0.234 e. The van der Waals surface area contributed by atoms with Crippen molar-refractivity contribution in [2.45, 2.75) is 102 Å². The molecule has 0 saturated heterocycles. The Labute approximate surface area is 130 Å². The van der Waals surface area contributed by atoms with Crippen LogP contribution in [0.15, 0.2) is 18.7 Å². The van der Waals surface area contributed by atoms with Crippen LogP contribution in [0.25, 0.3) is 0 Å². The zero-order valence-corrected chi connectivity index (χ0v) is 13.7. The summed E-state index contributed by atoms with van der Waals surface area (Å²) in [6, 6.07) is 1.53. The van der Waals surface area contributed by atoms with E-state index in [-0.39, 0.29) is 0 Å². The quantitative estimate of drug-likeness (QED) is 0.649. The average molecular weight is 289 g/mol. The maximum Gasteiger partial charge on any atom is 0.244 e. The number of nitrogens with zero attached hydrogens (tertiary/aromatic N) is 2. The van der Waals surface area contributed by atoms with E-state index < -0.39 is 0 Å². The topological polar surface area (TPSA) is 8.81 Å². The molecule has 3 rings (SSSR count). The lowest BCUT2D eigenvalue weighted by Gasteiger charge is -2.18. The molecule has 0 N–H and O–H groups in total. The standard InChI is InChI=1S/C19H33N2/c1-3-7-11-18(12-8-4-1)20-15-16-21(17-20)19-13-9-5-2-6-10-14-19/h15-19H,1-14H2/q+1. The van der Waals surface area contributed by atoms with Crippen LogP contribution in [0, 0.1) is 0 Å². The van der Waals surface area contributed by atoms with Gasteiger partial charge in [0.2, 0.25) is 6.33 Å². The molecule has 1 heterocycles. The van der Waals surface area contributed by atoms with Gasteiger partial charge in [-0.05, 0) is 51.4 Å². The van der Waals surface area contributed by atoms with Gasteiger partial charge in [-0.3, -0.25) is 0 Å². The second-order valence-electron chi connectivity index (χ2n) is 7.31. The second kappa shape index (κ2) is 8.00. The molecule has 2 nitrogen and oxygen atoms in total. The minimum absolute atomic E-state index is 0.764. The Hall–Kier alpha value is -0.790. The van der Waals surface area contributed by atoms with Crippen molar-refractivity contribution >= 4 is 0 Å². The van der Waals surface area contributed by atoms with Gasteiger partial charge in [0, 0.05) is 0 Å². The summed E-state index contributed by atoms with van der Waals surface area (Å²) in [5, 5.41) is 0. The Morgan fingerprint density at radius 3 is 1.81 bits per heavy atom. The van der Waals surface area contributed by atoms with Crippen molar-refractivity contribution in [2.75, 3.05) is 0 Å². The fraction of sp³-hybridized carbons (Fsp3) is 0.842. The van der Waals surface area contributed by atoms with Gasteiger partial charge in [0.15, 0.2) is 0 Å². The lowest BCUT2D eigenvalue weighted by molar-refractivity contribution is -0.724. The maximum absolute atomic E-state index is 2.53. The van der Waals surface area contributed by atoms with Gasteiger partial charge in [-0.1, -0.05) is 38.5 Å². The van der Waals surface area contributed by atoms with Crippen molar-refractivity contribution in [1.29, 1.82) is 0 Å². The summed E-state index contributed by atoms with van der Waals surface area (Å²) >= 11 is 0. The van der Waals surface area contributed by atoms with Crippen LogP contribution < -0.4 is 4.57 Å². The first-order valence-electron chi connectivity index (χ1n) is 9.52. The van der Waals surface area contributed by atoms with Gasteiger partial charge >= 0.3 is 0 Å². The molecule has 2 fully saturated rings. The lowest BCUT2D eigenvalue weighted by atomic mass is 9.96. The van der Waals surface area contributed by atoms with Crippen molar-refractivity contribution in [3.8, 4) is 0 Å². The summed E-state index contributed by atoms with van der Waals surface area (Å²) in [6.45, 7) is 0. The molecular weight excluding hydrogens is 256 g/mol. The van der Waals surface area contributed by atoms with Crippen molar-refractivity contribution in [2.24, 2.45) is 0 Å². The summed E-state index contributed by atoms with van der Waals surface area (Å²) < 4.78 is 5.06. The van der Waals surface area contributed by atoms with Crippen LogP contribution in [-0.4, -0.2) is 4.57 Å². The molecule has 21 heavy (non-hydrogen) atoms. The van der Waals surface area contributed by atoms with Gasteiger partial charge in [0.1, 0.15) is 24.5 Å². The fourth-order valence-electron chi connectivity index (χ4n) is 4.28. The molecule has 2 aliphatic rings. The van der Waals surface area contributed by atoms with Crippen LogP contribution in [0.4, 0.5) is 0 Å². The Kier molecular flexibility index (Phi) is 5.76. The molecule has 118 valence electrons. The number of aromatic nitrogens is 2. The minimum atomic E-state index is 0.764. The van der Waals surface area contributed by atoms with E-state index in [1.54, 1.807) is 0 Å². The number of imidazole rings is 1. The van der Waals surface area contributed by atoms with Gasteiger partial charge in [0.25, 0.3) is 0 Å². The zero-order chi connectivity index (χ0) is 14.3. The fourth-order valence-corrected chi connectivity index (χ4v) is 4.28. The molecule has 0 radical (unpaired) electrons. The molecule has 0 aromatic carbocycles. The Morgan fingerprint density at radius 2 is 1.19 bits per heavy atom. The molecule has 1 aromatic rings. The monoisotopic (exact) mass is 289 g/mol. The second-order valence-corrected chi connectivity index (χ2v) is 7.31. The van der Waals surface area contributed by atoms with E-state index in [4.69, 9.17) is 0 Å². The van der Waals surface area contributed by atoms with Crippen molar-refractivity contribution < 1.29 is 4.57 Å². The number of hydrogen-bond donors (Lipinski definition) is 0. The predicted octanol–water partition coefficient (Wildman–Crippen LogP) is 5.35. The Morgan fingerprint density at radius 1 is 0.667 bits per heavy atom. The van der Waals surface area contributed by atoms with E-state index >= 15 is 0 Å². The first-order valence-corrected chi connectivity index (χ1v) is 9.52. The van der Waals surface area contributed by atoms with Crippen LogP contribution >= 0.6 is 0 Å². The van der Waals surface area contributed by atoms with Gasteiger partial charge in [-0.15, -0.1) is 0 Å². The molecule has 0 unspecified atom stereocenters. The Bertz CT molecular complexity index is 357. The van der Waals surface area contributed by atoms with Crippen molar-refractivity contribution in [3.05, 3.63) is 18.7 Å². The molecule has 0 amide bonds. The van der Waals surface area contributed by atoms with E-state index in [1.165, 1.54) is 89.9 Å². The predicted molar refractivity (Wildman–Crippen MR) is 87.3 cm³/mol. The van der Waals surface area contributed by atoms with E-state index in [9.17, 15) is 0 Å². The third-order valence-electron chi connectivity index (χ3n) is 5.67. The molecule has 0 atom stereocenters. The summed E-state index contributed by atoms with van der Waals surface area (Å²) in [5.41, 5.74) is 0. The molecule has 0 bridgehead atoms. The van der Waals surface area contributed by atoms with Crippen LogP contribution in [0.2, 0.25) is 0 Å². The highest BCUT2D eigenvalue weighted by Gasteiger charge is 2.22. The summed E-state index contributed by atoms with van der Waals surface area (Å²) in [4.78, 5) is 0. The molecule has 2 saturated carbocycles. The van der Waals surface area contributed by atoms with Crippen LogP contribution in [0.1, 0.15) is 102 Å². The van der Waals surface area contributed by atoms with Gasteiger partial charge in [0.05, 0.1) is 0 Å². The Balaban J connectivity index is 1.63. The van der Waals surface area contributed by atoms with Crippen LogP contribution in [0.3, 0.4) is 0 Å². The highest BCUT2D eigenvalue weighted by molar-refractivity contribution is 4.77. The van der Waals surface area contributed by atoms with Gasteiger partial charge in [-0.2, -0.15) is 0 Å². The van der Waals surface area contributed by atoms with Crippen molar-refractivity contribution in [1.82, 2.24) is 4.57 Å². The molecule has 2 aliphatic carbocycles. The highest BCUT2D eigenvalue weighted by Crippen LogP contribution is 2.27. The molecular formula is C19H33N2+. The lowest BCUT2D eigenvalue weighted by Crippen LogP contribution is -2.38. The molecule has 1 aromatic heterocycles. The molecule has 0 spiro atoms. The first-order chi connectivity index (χ1) is 10.4. The maximum atomic E-state index is 2.53. The minimum Gasteiger partial charge on any atom is -0.234 e. The summed E-state index contributed by atoms with van der Waals surface area (Å²) in [5.74, 6) is 0. The van der Waals surface area contributed by atoms with E-state index in [0.29, 0.717) is 0 Å². The third-order valence-corrected chi connectivity index (χ3v) is 5.67.